The predicted octanol–water partition coefficient (Wildman–Crippen LogP) is 0.641. The fraction of sp³-hybridized carbons (Fsp3) is 0.500. The van der Waals surface area contributed by atoms with Crippen LogP contribution in [-0.2, 0) is 17.6 Å². The highest BCUT2D eigenvalue weighted by atomic mass is 32.2. The fourth-order valence-electron chi connectivity index (χ4n) is 2.07. The van der Waals surface area contributed by atoms with Gasteiger partial charge in [-0.15, -0.1) is 0 Å². The second-order valence-electron chi connectivity index (χ2n) is 4.31. The van der Waals surface area contributed by atoms with Crippen LogP contribution in [0.25, 0.3) is 0 Å². The van der Waals surface area contributed by atoms with Crippen molar-refractivity contribution in [2.45, 2.75) is 6.54 Å². The van der Waals surface area contributed by atoms with Crippen molar-refractivity contribution in [3.63, 3.8) is 0 Å². The van der Waals surface area contributed by atoms with Crippen LogP contribution in [0.4, 0.5) is 0 Å². The zero-order chi connectivity index (χ0) is 12.1. The quantitative estimate of drug-likeness (QED) is 0.739. The van der Waals surface area contributed by atoms with Gasteiger partial charge in [-0.2, -0.15) is 0 Å². The highest BCUT2D eigenvalue weighted by Crippen LogP contribution is 2.08. The third-order valence-electron chi connectivity index (χ3n) is 3.00. The lowest BCUT2D eigenvalue weighted by Gasteiger charge is -2.34. The standard InChI is InChI=1S/C12H18N2O2S/c15-17(16)11-14-8-6-13(7-9-14)10-12-4-2-1-3-5-12/h1-5H,6-11H2,(H,15,16)/p-1. The molecular formula is C12H17N2O2S-. The van der Waals surface area contributed by atoms with E-state index in [1.165, 1.54) is 5.56 Å². The number of nitrogens with zero attached hydrogens (tertiary/aromatic N) is 2. The molecule has 1 unspecified atom stereocenters. The van der Waals surface area contributed by atoms with Crippen LogP contribution in [0.15, 0.2) is 30.3 Å². The molecule has 94 valence electrons. The SMILES string of the molecule is O=S([O-])CN1CCN(Cc2ccccc2)CC1. The minimum atomic E-state index is -1.95. The van der Waals surface area contributed by atoms with Gasteiger partial charge in [0.2, 0.25) is 0 Å². The van der Waals surface area contributed by atoms with E-state index < -0.39 is 11.1 Å². The van der Waals surface area contributed by atoms with E-state index in [0.29, 0.717) is 0 Å². The summed E-state index contributed by atoms with van der Waals surface area (Å²) in [7, 11) is 0. The molecule has 0 aromatic heterocycles. The van der Waals surface area contributed by atoms with E-state index in [0.717, 1.165) is 32.7 Å². The lowest BCUT2D eigenvalue weighted by Crippen LogP contribution is -2.46. The molecular weight excluding hydrogens is 236 g/mol. The molecule has 1 heterocycles. The van der Waals surface area contributed by atoms with Crippen LogP contribution in [-0.4, -0.2) is 50.6 Å². The first-order valence-electron chi connectivity index (χ1n) is 5.78. The summed E-state index contributed by atoms with van der Waals surface area (Å²) in [6.07, 6.45) is 0. The Bertz CT molecular complexity index is 364. The van der Waals surface area contributed by atoms with Gasteiger partial charge < -0.3 is 4.55 Å². The van der Waals surface area contributed by atoms with Gasteiger partial charge >= 0.3 is 0 Å². The summed E-state index contributed by atoms with van der Waals surface area (Å²) in [5, 5.41) is 0. The Morgan fingerprint density at radius 1 is 1.06 bits per heavy atom. The van der Waals surface area contributed by atoms with E-state index in [1.807, 2.05) is 23.1 Å². The Hall–Kier alpha value is -0.750. The maximum Gasteiger partial charge on any atom is 0.0614 e. The van der Waals surface area contributed by atoms with Crippen molar-refractivity contribution in [3.8, 4) is 0 Å². The summed E-state index contributed by atoms with van der Waals surface area (Å²) >= 11 is -1.95. The first kappa shape index (κ1) is 12.7. The third-order valence-corrected chi connectivity index (χ3v) is 3.58. The number of rotatable bonds is 4. The van der Waals surface area contributed by atoms with Gasteiger partial charge in [0.15, 0.2) is 0 Å². The maximum absolute atomic E-state index is 10.6. The van der Waals surface area contributed by atoms with Gasteiger partial charge in [0.1, 0.15) is 0 Å². The number of hydrogen-bond donors (Lipinski definition) is 0. The highest BCUT2D eigenvalue weighted by Gasteiger charge is 2.16. The van der Waals surface area contributed by atoms with Crippen molar-refractivity contribution in [1.82, 2.24) is 9.80 Å². The van der Waals surface area contributed by atoms with Crippen LogP contribution in [0.2, 0.25) is 0 Å². The van der Waals surface area contributed by atoms with Gasteiger partial charge in [0.25, 0.3) is 0 Å². The molecule has 0 spiro atoms. The average molecular weight is 253 g/mol. The van der Waals surface area contributed by atoms with E-state index in [-0.39, 0.29) is 5.88 Å². The summed E-state index contributed by atoms with van der Waals surface area (Å²) in [5.74, 6) is 0.166. The van der Waals surface area contributed by atoms with Crippen LogP contribution in [0, 0.1) is 0 Å². The summed E-state index contributed by atoms with van der Waals surface area (Å²) < 4.78 is 21.2. The van der Waals surface area contributed by atoms with Crippen molar-refractivity contribution in [3.05, 3.63) is 35.9 Å². The van der Waals surface area contributed by atoms with Crippen LogP contribution in [0.5, 0.6) is 0 Å². The molecule has 0 amide bonds. The zero-order valence-corrected chi connectivity index (χ0v) is 10.6. The molecule has 1 aliphatic heterocycles. The van der Waals surface area contributed by atoms with Crippen LogP contribution >= 0.6 is 0 Å². The van der Waals surface area contributed by atoms with Gasteiger partial charge in [-0.05, 0) is 16.6 Å². The number of piperazine rings is 1. The summed E-state index contributed by atoms with van der Waals surface area (Å²) in [6.45, 7) is 4.50. The van der Waals surface area contributed by atoms with E-state index in [9.17, 15) is 8.76 Å². The van der Waals surface area contributed by atoms with Gasteiger partial charge in [0, 0.05) is 32.7 Å². The van der Waals surface area contributed by atoms with Gasteiger partial charge in [-0.25, -0.2) is 0 Å². The fourth-order valence-corrected chi connectivity index (χ4v) is 2.62. The molecule has 0 radical (unpaired) electrons. The zero-order valence-electron chi connectivity index (χ0n) is 9.75. The van der Waals surface area contributed by atoms with Gasteiger partial charge in [0.05, 0.1) is 5.88 Å². The molecule has 17 heavy (non-hydrogen) atoms. The lowest BCUT2D eigenvalue weighted by atomic mass is 10.2. The lowest BCUT2D eigenvalue weighted by molar-refractivity contribution is 0.141. The Labute approximate surface area is 105 Å². The van der Waals surface area contributed by atoms with E-state index in [4.69, 9.17) is 0 Å². The second-order valence-corrected chi connectivity index (χ2v) is 5.18. The molecule has 1 saturated heterocycles. The second kappa shape index (κ2) is 6.26. The minimum absolute atomic E-state index is 0.166. The van der Waals surface area contributed by atoms with Crippen LogP contribution in [0.1, 0.15) is 5.56 Å². The highest BCUT2D eigenvalue weighted by molar-refractivity contribution is 7.79. The van der Waals surface area contributed by atoms with Crippen molar-refractivity contribution in [2.75, 3.05) is 32.1 Å². The number of hydrogen-bond acceptors (Lipinski definition) is 4. The Balaban J connectivity index is 1.78. The summed E-state index contributed by atoms with van der Waals surface area (Å²) in [6, 6.07) is 10.4. The first-order chi connectivity index (χ1) is 8.24. The van der Waals surface area contributed by atoms with Crippen molar-refractivity contribution in [2.24, 2.45) is 0 Å². The van der Waals surface area contributed by atoms with Gasteiger partial charge in [-0.1, -0.05) is 30.3 Å². The Morgan fingerprint density at radius 3 is 2.24 bits per heavy atom. The third kappa shape index (κ3) is 4.20. The topological polar surface area (TPSA) is 46.6 Å². The molecule has 1 aliphatic rings. The molecule has 0 bridgehead atoms. The minimum Gasteiger partial charge on any atom is -0.771 e. The molecule has 0 aliphatic carbocycles. The molecule has 1 aromatic carbocycles. The normalized spacial score (nSPS) is 20.3. The smallest absolute Gasteiger partial charge is 0.0614 e. The molecule has 0 N–H and O–H groups in total. The molecule has 0 saturated carbocycles. The summed E-state index contributed by atoms with van der Waals surface area (Å²) in [4.78, 5) is 4.34. The van der Waals surface area contributed by atoms with E-state index in [1.54, 1.807) is 0 Å². The average Bonchev–Trinajstić information content (AvgIpc) is 2.32. The molecule has 5 heteroatoms. The number of benzene rings is 1. The molecule has 2 rings (SSSR count). The monoisotopic (exact) mass is 253 g/mol. The van der Waals surface area contributed by atoms with Crippen LogP contribution < -0.4 is 0 Å². The Kier molecular flexibility index (Phi) is 4.67. The van der Waals surface area contributed by atoms with E-state index >= 15 is 0 Å². The van der Waals surface area contributed by atoms with E-state index in [2.05, 4.69) is 17.0 Å². The Morgan fingerprint density at radius 2 is 1.65 bits per heavy atom. The molecule has 4 nitrogen and oxygen atoms in total. The van der Waals surface area contributed by atoms with Crippen molar-refractivity contribution < 1.29 is 8.76 Å². The first-order valence-corrected chi connectivity index (χ1v) is 7.03. The molecule has 1 aromatic rings. The van der Waals surface area contributed by atoms with Crippen LogP contribution in [0.3, 0.4) is 0 Å². The van der Waals surface area contributed by atoms with Crippen molar-refractivity contribution in [1.29, 1.82) is 0 Å². The molecule has 1 atom stereocenters. The van der Waals surface area contributed by atoms with Crippen molar-refractivity contribution >= 4 is 11.1 Å². The predicted molar refractivity (Wildman–Crippen MR) is 67.1 cm³/mol. The maximum atomic E-state index is 10.6. The molecule has 1 fully saturated rings. The summed E-state index contributed by atoms with van der Waals surface area (Å²) in [5.41, 5.74) is 1.31. The van der Waals surface area contributed by atoms with Gasteiger partial charge in [-0.3, -0.25) is 14.0 Å². The largest absolute Gasteiger partial charge is 0.771 e.